The van der Waals surface area contributed by atoms with Gasteiger partial charge in [0.05, 0.1) is 10.0 Å². The van der Waals surface area contributed by atoms with Crippen LogP contribution in [-0.2, 0) is 12.0 Å². The van der Waals surface area contributed by atoms with Crippen molar-refractivity contribution in [3.8, 4) is 16.9 Å². The van der Waals surface area contributed by atoms with Crippen LogP contribution in [0, 0.1) is 0 Å². The summed E-state index contributed by atoms with van der Waals surface area (Å²) >= 11 is 12.3. The maximum Gasteiger partial charge on any atom is 0.127 e. The average Bonchev–Trinajstić information content (AvgIpc) is 2.62. The molecule has 2 aromatic rings. The van der Waals surface area contributed by atoms with Gasteiger partial charge in [-0.2, -0.15) is 0 Å². The van der Waals surface area contributed by atoms with Crippen LogP contribution in [0.25, 0.3) is 11.1 Å². The van der Waals surface area contributed by atoms with E-state index in [0.717, 1.165) is 16.7 Å². The smallest absolute Gasteiger partial charge is 0.127 e. The number of hydrogen-bond donors (Lipinski definition) is 2. The minimum atomic E-state index is -0.0200. The van der Waals surface area contributed by atoms with Crippen LogP contribution in [0.2, 0.25) is 10.0 Å². The zero-order chi connectivity index (χ0) is 21.1. The van der Waals surface area contributed by atoms with Gasteiger partial charge >= 0.3 is 0 Å². The third kappa shape index (κ3) is 5.23. The molecule has 0 amide bonds. The summed E-state index contributed by atoms with van der Waals surface area (Å²) in [5, 5.41) is 15.6. The highest BCUT2D eigenvalue weighted by atomic mass is 35.5. The lowest BCUT2D eigenvalue weighted by molar-refractivity contribution is 0.206. The highest BCUT2D eigenvalue weighted by Crippen LogP contribution is 2.40. The van der Waals surface area contributed by atoms with Crippen molar-refractivity contribution in [1.82, 2.24) is 5.32 Å². The summed E-state index contributed by atoms with van der Waals surface area (Å²) in [6.45, 7) is 13.5. The van der Waals surface area contributed by atoms with Crippen LogP contribution in [0.4, 0.5) is 0 Å². The molecule has 154 valence electrons. The fraction of sp³-hybridized carbons (Fsp3) is 0.500. The molecule has 3 rings (SSSR count). The van der Waals surface area contributed by atoms with Gasteiger partial charge in [-0.1, -0.05) is 70.0 Å². The molecule has 2 N–H and O–H groups in total. The van der Waals surface area contributed by atoms with Crippen molar-refractivity contribution < 1.29 is 5.11 Å². The lowest BCUT2D eigenvalue weighted by atomic mass is 9.78. The van der Waals surface area contributed by atoms with Gasteiger partial charge in [-0.15, -0.1) is 0 Å². The lowest BCUT2D eigenvalue weighted by Crippen LogP contribution is -2.47. The number of rotatable bonds is 4. The van der Waals surface area contributed by atoms with Crippen LogP contribution in [0.1, 0.15) is 71.9 Å². The van der Waals surface area contributed by atoms with Crippen LogP contribution in [0.3, 0.4) is 0 Å². The second-order valence-corrected chi connectivity index (χ2v) is 9.49. The molecule has 2 aromatic carbocycles. The number of phenols is 1. The van der Waals surface area contributed by atoms with E-state index in [2.05, 4.69) is 45.1 Å². The van der Waals surface area contributed by atoms with Gasteiger partial charge < -0.3 is 10.4 Å². The van der Waals surface area contributed by atoms with E-state index in [4.69, 9.17) is 23.2 Å². The average molecular weight is 422 g/mol. The lowest BCUT2D eigenvalue weighted by Gasteiger charge is -2.39. The van der Waals surface area contributed by atoms with Gasteiger partial charge in [0.15, 0.2) is 0 Å². The molecule has 1 aliphatic rings. The first-order valence-corrected chi connectivity index (χ1v) is 10.9. The summed E-state index contributed by atoms with van der Waals surface area (Å²) < 4.78 is 0. The minimum absolute atomic E-state index is 0.0200. The van der Waals surface area contributed by atoms with Crippen molar-refractivity contribution in [3.05, 3.63) is 51.5 Å². The standard InChI is InChI=1S/C22H27Cl2NO.C2H6/c1-21(2,3)16-10-15(13-25-22(4)8-5-9-22)20(26)17(12-16)14-6-7-18(23)19(24)11-14;1-2/h6-7,10-12,25-26H,5,8-9,13H2,1-4H3;1-2H3. The van der Waals surface area contributed by atoms with Crippen molar-refractivity contribution in [3.63, 3.8) is 0 Å². The number of benzene rings is 2. The molecule has 0 aromatic heterocycles. The largest absolute Gasteiger partial charge is 0.507 e. The first kappa shape index (κ1) is 23.1. The van der Waals surface area contributed by atoms with Crippen molar-refractivity contribution in [2.75, 3.05) is 0 Å². The van der Waals surface area contributed by atoms with E-state index >= 15 is 0 Å². The topological polar surface area (TPSA) is 32.3 Å². The van der Waals surface area contributed by atoms with Crippen LogP contribution in [-0.4, -0.2) is 10.6 Å². The Morgan fingerprint density at radius 2 is 1.68 bits per heavy atom. The van der Waals surface area contributed by atoms with E-state index in [9.17, 15) is 5.11 Å². The zero-order valence-corrected chi connectivity index (χ0v) is 19.4. The molecule has 0 bridgehead atoms. The molecule has 1 saturated carbocycles. The zero-order valence-electron chi connectivity index (χ0n) is 17.9. The molecule has 4 heteroatoms. The Balaban J connectivity index is 0.00000136. The van der Waals surface area contributed by atoms with Crippen molar-refractivity contribution in [2.45, 2.75) is 78.3 Å². The van der Waals surface area contributed by atoms with Crippen molar-refractivity contribution >= 4 is 23.2 Å². The molecule has 0 radical (unpaired) electrons. The maximum absolute atomic E-state index is 11.0. The molecule has 0 unspecified atom stereocenters. The molecule has 1 fully saturated rings. The van der Waals surface area contributed by atoms with Gasteiger partial charge in [-0.05, 0) is 60.9 Å². The quantitative estimate of drug-likeness (QED) is 0.529. The second kappa shape index (κ2) is 9.07. The van der Waals surface area contributed by atoms with E-state index in [1.54, 1.807) is 6.07 Å². The van der Waals surface area contributed by atoms with Crippen LogP contribution in [0.5, 0.6) is 5.75 Å². The van der Waals surface area contributed by atoms with E-state index in [0.29, 0.717) is 22.3 Å². The SMILES string of the molecule is CC.CC1(NCc2cc(C(C)(C)C)cc(-c3ccc(Cl)c(Cl)c3)c2O)CCC1. The van der Waals surface area contributed by atoms with Crippen LogP contribution in [0.15, 0.2) is 30.3 Å². The maximum atomic E-state index is 11.0. The molecular weight excluding hydrogens is 389 g/mol. The number of hydrogen-bond acceptors (Lipinski definition) is 2. The predicted molar refractivity (Wildman–Crippen MR) is 123 cm³/mol. The summed E-state index contributed by atoms with van der Waals surface area (Å²) in [6, 6.07) is 9.67. The normalized spacial score (nSPS) is 15.4. The monoisotopic (exact) mass is 421 g/mol. The van der Waals surface area contributed by atoms with Gasteiger partial charge in [-0.25, -0.2) is 0 Å². The number of aromatic hydroxyl groups is 1. The van der Waals surface area contributed by atoms with Gasteiger partial charge in [0, 0.05) is 23.2 Å². The fourth-order valence-corrected chi connectivity index (χ4v) is 3.64. The summed E-state index contributed by atoms with van der Waals surface area (Å²) in [5.74, 6) is 0.312. The van der Waals surface area contributed by atoms with Crippen LogP contribution >= 0.6 is 23.2 Å². The number of halogens is 2. The van der Waals surface area contributed by atoms with Crippen molar-refractivity contribution in [1.29, 1.82) is 0 Å². The highest BCUT2D eigenvalue weighted by Gasteiger charge is 2.31. The van der Waals surface area contributed by atoms with E-state index in [-0.39, 0.29) is 11.0 Å². The summed E-state index contributed by atoms with van der Waals surface area (Å²) in [4.78, 5) is 0. The number of phenolic OH excluding ortho intramolecular Hbond substituents is 1. The molecule has 0 aliphatic heterocycles. The Hall–Kier alpha value is -1.22. The molecule has 0 saturated heterocycles. The third-order valence-corrected chi connectivity index (χ3v) is 6.19. The Morgan fingerprint density at radius 3 is 2.18 bits per heavy atom. The van der Waals surface area contributed by atoms with E-state index in [1.165, 1.54) is 24.8 Å². The van der Waals surface area contributed by atoms with E-state index in [1.807, 2.05) is 26.0 Å². The molecular formula is C24H33Cl2NO. The Morgan fingerprint density at radius 1 is 1.04 bits per heavy atom. The summed E-state index contributed by atoms with van der Waals surface area (Å²) in [5.41, 5.74) is 3.95. The Labute approximate surface area is 180 Å². The molecule has 1 aliphatic carbocycles. The van der Waals surface area contributed by atoms with E-state index < -0.39 is 0 Å². The van der Waals surface area contributed by atoms with Crippen molar-refractivity contribution in [2.24, 2.45) is 0 Å². The van der Waals surface area contributed by atoms with Gasteiger partial charge in [-0.3, -0.25) is 0 Å². The number of nitrogens with one attached hydrogen (secondary N) is 1. The Bertz CT molecular complexity index is 820. The summed E-state index contributed by atoms with van der Waals surface area (Å²) in [6.07, 6.45) is 3.64. The fourth-order valence-electron chi connectivity index (χ4n) is 3.34. The molecule has 2 nitrogen and oxygen atoms in total. The molecule has 0 spiro atoms. The van der Waals surface area contributed by atoms with Gasteiger partial charge in [0.2, 0.25) is 0 Å². The van der Waals surface area contributed by atoms with Gasteiger partial charge in [0.25, 0.3) is 0 Å². The molecule has 0 heterocycles. The second-order valence-electron chi connectivity index (χ2n) is 8.68. The Kier molecular flexibility index (Phi) is 7.47. The highest BCUT2D eigenvalue weighted by molar-refractivity contribution is 6.42. The first-order valence-electron chi connectivity index (χ1n) is 10.2. The predicted octanol–water partition coefficient (Wildman–Crippen LogP) is 7.72. The molecule has 28 heavy (non-hydrogen) atoms. The van der Waals surface area contributed by atoms with Crippen LogP contribution < -0.4 is 5.32 Å². The summed E-state index contributed by atoms with van der Waals surface area (Å²) in [7, 11) is 0. The van der Waals surface area contributed by atoms with Gasteiger partial charge in [0.1, 0.15) is 5.75 Å². The third-order valence-electron chi connectivity index (χ3n) is 5.45. The minimum Gasteiger partial charge on any atom is -0.507 e. The molecule has 0 atom stereocenters. The first-order chi connectivity index (χ1) is 13.1.